The van der Waals surface area contributed by atoms with E-state index < -0.39 is 0 Å². The highest BCUT2D eigenvalue weighted by Crippen LogP contribution is 2.32. The van der Waals surface area contributed by atoms with Gasteiger partial charge < -0.3 is 14.8 Å². The summed E-state index contributed by atoms with van der Waals surface area (Å²) in [6, 6.07) is 23.8. The van der Waals surface area contributed by atoms with E-state index in [-0.39, 0.29) is 11.9 Å². The van der Waals surface area contributed by atoms with Crippen molar-refractivity contribution in [3.05, 3.63) is 89.5 Å². The van der Waals surface area contributed by atoms with Crippen molar-refractivity contribution >= 4 is 17.7 Å². The summed E-state index contributed by atoms with van der Waals surface area (Å²) in [6.07, 6.45) is 0. The Balaban J connectivity index is 1.35. The minimum Gasteiger partial charge on any atom is -0.486 e. The lowest BCUT2D eigenvalue weighted by atomic mass is 10.1. The van der Waals surface area contributed by atoms with Crippen LogP contribution in [-0.2, 0) is 5.75 Å². The number of thioether (sulfide) groups is 1. The van der Waals surface area contributed by atoms with Gasteiger partial charge in [-0.15, -0.1) is 11.8 Å². The number of hydrogen-bond donors (Lipinski definition) is 1. The maximum Gasteiger partial charge on any atom is 0.251 e. The minimum absolute atomic E-state index is 0.0883. The molecular formula is C24H23NO3S. The Morgan fingerprint density at radius 2 is 1.69 bits per heavy atom. The zero-order valence-corrected chi connectivity index (χ0v) is 17.1. The van der Waals surface area contributed by atoms with Crippen LogP contribution in [0.3, 0.4) is 0 Å². The third-order valence-corrected chi connectivity index (χ3v) is 5.86. The molecule has 0 radical (unpaired) electrons. The van der Waals surface area contributed by atoms with Crippen LogP contribution in [0.1, 0.15) is 34.5 Å². The summed E-state index contributed by atoms with van der Waals surface area (Å²) < 4.78 is 11.2. The lowest BCUT2D eigenvalue weighted by Crippen LogP contribution is -2.26. The summed E-state index contributed by atoms with van der Waals surface area (Å²) >= 11 is 1.78. The lowest BCUT2D eigenvalue weighted by molar-refractivity contribution is 0.0939. The molecule has 0 saturated heterocycles. The van der Waals surface area contributed by atoms with Gasteiger partial charge in [0.25, 0.3) is 5.91 Å². The Kier molecular flexibility index (Phi) is 6.06. The summed E-state index contributed by atoms with van der Waals surface area (Å²) in [5.41, 5.74) is 2.83. The second-order valence-electron chi connectivity index (χ2n) is 6.90. The Morgan fingerprint density at radius 3 is 2.45 bits per heavy atom. The fourth-order valence-corrected chi connectivity index (χ4v) is 4.00. The van der Waals surface area contributed by atoms with Crippen molar-refractivity contribution in [3.63, 3.8) is 0 Å². The average molecular weight is 406 g/mol. The minimum atomic E-state index is -0.133. The van der Waals surface area contributed by atoms with Crippen LogP contribution in [-0.4, -0.2) is 19.1 Å². The van der Waals surface area contributed by atoms with Crippen molar-refractivity contribution in [1.82, 2.24) is 5.32 Å². The molecular weight excluding hydrogens is 382 g/mol. The molecule has 5 heteroatoms. The number of carbonyl (C=O) groups excluding carboxylic acids is 1. The summed E-state index contributed by atoms with van der Waals surface area (Å²) in [6.45, 7) is 3.08. The fourth-order valence-electron chi connectivity index (χ4n) is 3.13. The van der Waals surface area contributed by atoms with E-state index in [0.717, 1.165) is 22.8 Å². The molecule has 4 nitrogen and oxygen atoms in total. The molecule has 4 rings (SSSR count). The lowest BCUT2D eigenvalue weighted by Gasteiger charge is -2.21. The van der Waals surface area contributed by atoms with Crippen LogP contribution >= 0.6 is 11.8 Å². The van der Waals surface area contributed by atoms with Gasteiger partial charge in [0.1, 0.15) is 13.2 Å². The third-order valence-electron chi connectivity index (χ3n) is 4.78. The Labute approximate surface area is 175 Å². The fraction of sp³-hybridized carbons (Fsp3) is 0.208. The van der Waals surface area contributed by atoms with Gasteiger partial charge in [0.15, 0.2) is 11.5 Å². The molecule has 0 spiro atoms. The number of benzene rings is 3. The van der Waals surface area contributed by atoms with Crippen LogP contribution < -0.4 is 14.8 Å². The van der Waals surface area contributed by atoms with Gasteiger partial charge in [-0.2, -0.15) is 0 Å². The number of amides is 1. The monoisotopic (exact) mass is 405 g/mol. The van der Waals surface area contributed by atoms with E-state index in [9.17, 15) is 4.79 Å². The molecule has 0 bridgehead atoms. The third kappa shape index (κ3) is 4.93. The number of hydrogen-bond acceptors (Lipinski definition) is 4. The average Bonchev–Trinajstić information content (AvgIpc) is 2.78. The summed E-state index contributed by atoms with van der Waals surface area (Å²) in [5, 5.41) is 3.06. The second-order valence-corrected chi connectivity index (χ2v) is 7.95. The van der Waals surface area contributed by atoms with Crippen molar-refractivity contribution < 1.29 is 14.3 Å². The maximum absolute atomic E-state index is 12.6. The predicted octanol–water partition coefficient (Wildman–Crippen LogP) is 5.24. The first kappa shape index (κ1) is 19.4. The van der Waals surface area contributed by atoms with Gasteiger partial charge >= 0.3 is 0 Å². The molecule has 1 N–H and O–H groups in total. The smallest absolute Gasteiger partial charge is 0.251 e. The van der Waals surface area contributed by atoms with Gasteiger partial charge in [0, 0.05) is 16.2 Å². The quantitative estimate of drug-likeness (QED) is 0.570. The molecule has 0 fully saturated rings. The molecule has 29 heavy (non-hydrogen) atoms. The van der Waals surface area contributed by atoms with E-state index in [2.05, 4.69) is 17.4 Å². The van der Waals surface area contributed by atoms with Crippen LogP contribution in [0.5, 0.6) is 11.5 Å². The molecule has 1 atom stereocenters. The Bertz CT molecular complexity index is 973. The molecule has 1 aliphatic heterocycles. The SMILES string of the molecule is C[C@H](NC(=O)c1ccc(CSc2ccccc2)cc1)c1ccc2c(c1)OCCO2. The molecule has 0 unspecified atom stereocenters. The van der Waals surface area contributed by atoms with Gasteiger partial charge in [0.05, 0.1) is 6.04 Å². The number of ether oxygens (including phenoxy) is 2. The van der Waals surface area contributed by atoms with Crippen LogP contribution in [0.2, 0.25) is 0 Å². The Hall–Kier alpha value is -2.92. The largest absolute Gasteiger partial charge is 0.486 e. The predicted molar refractivity (Wildman–Crippen MR) is 116 cm³/mol. The highest BCUT2D eigenvalue weighted by molar-refractivity contribution is 7.98. The summed E-state index contributed by atoms with van der Waals surface area (Å²) in [4.78, 5) is 13.9. The van der Waals surface area contributed by atoms with Gasteiger partial charge in [-0.3, -0.25) is 4.79 Å². The van der Waals surface area contributed by atoms with Gasteiger partial charge in [-0.05, 0) is 54.4 Å². The van der Waals surface area contributed by atoms with Crippen LogP contribution in [0.4, 0.5) is 0 Å². The highest BCUT2D eigenvalue weighted by atomic mass is 32.2. The van der Waals surface area contributed by atoms with Crippen molar-refractivity contribution in [2.24, 2.45) is 0 Å². The van der Waals surface area contributed by atoms with Crippen molar-refractivity contribution in [3.8, 4) is 11.5 Å². The number of rotatable bonds is 6. The van der Waals surface area contributed by atoms with Gasteiger partial charge in [-0.1, -0.05) is 36.4 Å². The zero-order valence-electron chi connectivity index (χ0n) is 16.3. The van der Waals surface area contributed by atoms with Crippen LogP contribution in [0.25, 0.3) is 0 Å². The first-order valence-electron chi connectivity index (χ1n) is 9.66. The molecule has 3 aromatic carbocycles. The molecule has 1 aliphatic rings. The topological polar surface area (TPSA) is 47.6 Å². The highest BCUT2D eigenvalue weighted by Gasteiger charge is 2.16. The maximum atomic E-state index is 12.6. The van der Waals surface area contributed by atoms with Crippen molar-refractivity contribution in [2.45, 2.75) is 23.6 Å². The van der Waals surface area contributed by atoms with E-state index in [1.165, 1.54) is 10.5 Å². The van der Waals surface area contributed by atoms with Crippen molar-refractivity contribution in [1.29, 1.82) is 0 Å². The molecule has 0 aliphatic carbocycles. The van der Waals surface area contributed by atoms with E-state index in [0.29, 0.717) is 18.8 Å². The Morgan fingerprint density at radius 1 is 0.966 bits per heavy atom. The summed E-state index contributed by atoms with van der Waals surface area (Å²) in [5.74, 6) is 2.27. The molecule has 148 valence electrons. The molecule has 0 aromatic heterocycles. The summed E-state index contributed by atoms with van der Waals surface area (Å²) in [7, 11) is 0. The molecule has 1 amide bonds. The van der Waals surface area contributed by atoms with Crippen LogP contribution in [0, 0.1) is 0 Å². The standard InChI is InChI=1S/C24H23NO3S/c1-17(20-11-12-22-23(15-20)28-14-13-27-22)25-24(26)19-9-7-18(8-10-19)16-29-21-5-3-2-4-6-21/h2-12,15,17H,13-14,16H2,1H3,(H,25,26)/t17-/m0/s1. The molecule has 3 aromatic rings. The molecule has 0 saturated carbocycles. The molecule has 1 heterocycles. The second kappa shape index (κ2) is 9.05. The number of fused-ring (bicyclic) bond motifs is 1. The van der Waals surface area contributed by atoms with Gasteiger partial charge in [0.2, 0.25) is 0 Å². The van der Waals surface area contributed by atoms with Crippen LogP contribution in [0.15, 0.2) is 77.7 Å². The first-order valence-corrected chi connectivity index (χ1v) is 10.6. The van der Waals surface area contributed by atoms with E-state index in [1.807, 2.05) is 67.6 Å². The van der Waals surface area contributed by atoms with E-state index in [4.69, 9.17) is 9.47 Å². The first-order chi connectivity index (χ1) is 14.2. The van der Waals surface area contributed by atoms with E-state index in [1.54, 1.807) is 11.8 Å². The van der Waals surface area contributed by atoms with E-state index >= 15 is 0 Å². The number of nitrogens with one attached hydrogen (secondary N) is 1. The normalized spacial score (nSPS) is 13.6. The zero-order chi connectivity index (χ0) is 20.1. The van der Waals surface area contributed by atoms with Gasteiger partial charge in [-0.25, -0.2) is 0 Å². The number of carbonyl (C=O) groups is 1. The van der Waals surface area contributed by atoms with Crippen molar-refractivity contribution in [2.75, 3.05) is 13.2 Å².